The predicted octanol–water partition coefficient (Wildman–Crippen LogP) is 14.1. The van der Waals surface area contributed by atoms with Gasteiger partial charge < -0.3 is 0 Å². The first-order valence-corrected chi connectivity index (χ1v) is 19.1. The molecule has 0 aromatic carbocycles. The van der Waals surface area contributed by atoms with Crippen LogP contribution in [0.3, 0.4) is 0 Å². The summed E-state index contributed by atoms with van der Waals surface area (Å²) in [4.78, 5) is 6.05. The van der Waals surface area contributed by atoms with E-state index in [-0.39, 0.29) is 0 Å². The van der Waals surface area contributed by atoms with E-state index < -0.39 is 0 Å². The lowest BCUT2D eigenvalue weighted by Gasteiger charge is -2.04. The van der Waals surface area contributed by atoms with Gasteiger partial charge in [0.25, 0.3) is 0 Å². The van der Waals surface area contributed by atoms with Crippen LogP contribution < -0.4 is 0 Å². The molecule has 3 heterocycles. The highest BCUT2D eigenvalue weighted by Gasteiger charge is 2.16. The molecule has 0 aliphatic heterocycles. The fraction of sp³-hybridized carbons (Fsp3) is 0.667. The summed E-state index contributed by atoms with van der Waals surface area (Å²) < 4.78 is 0. The largest absolute Gasteiger partial charge is 0.143 e. The summed E-state index contributed by atoms with van der Waals surface area (Å²) in [7, 11) is 0. The first-order valence-electron chi connectivity index (χ1n) is 16.6. The fourth-order valence-electron chi connectivity index (χ4n) is 5.70. The van der Waals surface area contributed by atoms with E-state index in [0.29, 0.717) is 0 Å². The zero-order chi connectivity index (χ0) is 27.4. The maximum atomic E-state index is 2.56. The van der Waals surface area contributed by atoms with Crippen LogP contribution in [0, 0.1) is 0 Å². The van der Waals surface area contributed by atoms with Crippen molar-refractivity contribution in [2.24, 2.45) is 0 Å². The molecule has 39 heavy (non-hydrogen) atoms. The number of rotatable bonds is 24. The highest BCUT2D eigenvalue weighted by atomic mass is 32.1. The lowest BCUT2D eigenvalue weighted by Crippen LogP contribution is -1.87. The van der Waals surface area contributed by atoms with Gasteiger partial charge in [0.2, 0.25) is 0 Å². The Morgan fingerprint density at radius 1 is 0.462 bits per heavy atom. The molecule has 0 aliphatic rings. The zero-order valence-corrected chi connectivity index (χ0v) is 27.7. The van der Waals surface area contributed by atoms with Crippen LogP contribution >= 0.6 is 34.0 Å². The van der Waals surface area contributed by atoms with E-state index in [1.54, 1.807) is 16.0 Å². The molecular weight excluding hydrogens is 529 g/mol. The zero-order valence-electron chi connectivity index (χ0n) is 25.2. The van der Waals surface area contributed by atoms with E-state index in [9.17, 15) is 0 Å². The molecule has 0 saturated heterocycles. The smallest absolute Gasteiger partial charge is 0.0481 e. The van der Waals surface area contributed by atoms with E-state index in [2.05, 4.69) is 48.9 Å². The molecule has 0 saturated carbocycles. The summed E-state index contributed by atoms with van der Waals surface area (Å²) in [5, 5.41) is 4.56. The number of unbranched alkanes of at least 4 members (excludes halogenated alkanes) is 18. The molecule has 3 heteroatoms. The predicted molar refractivity (Wildman–Crippen MR) is 182 cm³/mol. The van der Waals surface area contributed by atoms with Crippen LogP contribution in [-0.2, 0) is 12.8 Å². The Morgan fingerprint density at radius 2 is 0.974 bits per heavy atom. The Hall–Kier alpha value is -0.900. The van der Waals surface area contributed by atoms with Crippen LogP contribution in [0.1, 0.15) is 153 Å². The monoisotopic (exact) mass is 584 g/mol. The molecule has 0 fully saturated rings. The van der Waals surface area contributed by atoms with E-state index >= 15 is 0 Å². The molecule has 0 radical (unpaired) electrons. The van der Waals surface area contributed by atoms with Crippen molar-refractivity contribution in [3.63, 3.8) is 0 Å². The highest BCUT2D eigenvalue weighted by Crippen LogP contribution is 2.43. The SMILES string of the molecule is CCCCCCCCCCCCc1ccsc1-c1cc(CCCCCCCCCCCC)c(-c2cccs2)s1. The fourth-order valence-corrected chi connectivity index (χ4v) is 8.91. The second-order valence-electron chi connectivity index (χ2n) is 11.6. The maximum absolute atomic E-state index is 2.56. The molecular formula is C36H56S3. The number of hydrogen-bond acceptors (Lipinski definition) is 3. The van der Waals surface area contributed by atoms with Gasteiger partial charge in [-0.1, -0.05) is 135 Å². The lowest BCUT2D eigenvalue weighted by atomic mass is 10.0. The second-order valence-corrected chi connectivity index (χ2v) is 14.5. The summed E-state index contributed by atoms with van der Waals surface area (Å²) >= 11 is 5.92. The van der Waals surface area contributed by atoms with E-state index in [4.69, 9.17) is 0 Å². The first-order chi connectivity index (χ1) is 19.3. The second kappa shape index (κ2) is 20.9. The minimum Gasteiger partial charge on any atom is -0.143 e. The quantitative estimate of drug-likeness (QED) is 0.0918. The van der Waals surface area contributed by atoms with Gasteiger partial charge in [0, 0.05) is 19.5 Å². The average Bonchev–Trinajstić information content (AvgIpc) is 3.72. The van der Waals surface area contributed by atoms with Crippen molar-refractivity contribution in [2.75, 3.05) is 0 Å². The van der Waals surface area contributed by atoms with Crippen LogP contribution in [0.15, 0.2) is 35.0 Å². The third kappa shape index (κ3) is 12.7. The maximum Gasteiger partial charge on any atom is 0.0481 e. The molecule has 3 aromatic rings. The van der Waals surface area contributed by atoms with Gasteiger partial charge in [0.15, 0.2) is 0 Å². The van der Waals surface area contributed by atoms with Crippen molar-refractivity contribution >= 4 is 34.0 Å². The van der Waals surface area contributed by atoms with Crippen molar-refractivity contribution < 1.29 is 0 Å². The third-order valence-corrected chi connectivity index (χ3v) is 11.5. The van der Waals surface area contributed by atoms with Gasteiger partial charge in [-0.05, 0) is 65.8 Å². The molecule has 0 bridgehead atoms. The van der Waals surface area contributed by atoms with Crippen molar-refractivity contribution in [3.05, 3.63) is 46.2 Å². The van der Waals surface area contributed by atoms with Crippen molar-refractivity contribution in [3.8, 4) is 19.5 Å². The number of aryl methyl sites for hydroxylation is 2. The average molecular weight is 585 g/mol. The molecule has 0 unspecified atom stereocenters. The summed E-state index contributed by atoms with van der Waals surface area (Å²) in [5.41, 5.74) is 3.18. The molecule has 0 amide bonds. The van der Waals surface area contributed by atoms with Crippen molar-refractivity contribution in [2.45, 2.75) is 155 Å². The van der Waals surface area contributed by atoms with Gasteiger partial charge in [0.1, 0.15) is 0 Å². The van der Waals surface area contributed by atoms with E-state index in [0.717, 1.165) is 0 Å². The van der Waals surface area contributed by atoms with Gasteiger partial charge in [-0.2, -0.15) is 0 Å². The number of thiophene rings is 3. The summed E-state index contributed by atoms with van der Waals surface area (Å²) in [5.74, 6) is 0. The van der Waals surface area contributed by atoms with Crippen LogP contribution in [0.4, 0.5) is 0 Å². The van der Waals surface area contributed by atoms with Gasteiger partial charge in [-0.3, -0.25) is 0 Å². The molecule has 3 aromatic heterocycles. The van der Waals surface area contributed by atoms with Crippen LogP contribution in [-0.4, -0.2) is 0 Å². The highest BCUT2D eigenvalue weighted by molar-refractivity contribution is 7.26. The summed E-state index contributed by atoms with van der Waals surface area (Å²) in [6.07, 6.45) is 30.7. The lowest BCUT2D eigenvalue weighted by molar-refractivity contribution is 0.556. The first kappa shape index (κ1) is 32.6. The molecule has 0 aliphatic carbocycles. The van der Waals surface area contributed by atoms with Crippen molar-refractivity contribution in [1.82, 2.24) is 0 Å². The van der Waals surface area contributed by atoms with Gasteiger partial charge in [-0.15, -0.1) is 34.0 Å². The Kier molecular flexibility index (Phi) is 17.5. The molecule has 3 rings (SSSR count). The normalized spacial score (nSPS) is 11.5. The molecule has 0 atom stereocenters. The van der Waals surface area contributed by atoms with Gasteiger partial charge in [0.05, 0.1) is 0 Å². The van der Waals surface area contributed by atoms with Crippen LogP contribution in [0.2, 0.25) is 0 Å². The molecule has 0 N–H and O–H groups in total. The Labute approximate surface area is 253 Å². The van der Waals surface area contributed by atoms with Gasteiger partial charge in [-0.25, -0.2) is 0 Å². The molecule has 0 spiro atoms. The van der Waals surface area contributed by atoms with Gasteiger partial charge >= 0.3 is 0 Å². The number of hydrogen-bond donors (Lipinski definition) is 0. The third-order valence-electron chi connectivity index (χ3n) is 8.12. The molecule has 0 nitrogen and oxygen atoms in total. The summed E-state index contributed by atoms with van der Waals surface area (Å²) in [6.45, 7) is 4.61. The van der Waals surface area contributed by atoms with E-state index in [1.165, 1.54) is 156 Å². The van der Waals surface area contributed by atoms with E-state index in [1.807, 2.05) is 34.0 Å². The summed E-state index contributed by atoms with van der Waals surface area (Å²) in [6, 6.07) is 9.49. The topological polar surface area (TPSA) is 0 Å². The standard InChI is InChI=1S/C36H56S3/c1-3-5-7-9-11-13-15-17-19-21-24-31-27-29-38-35(31)34-30-32(36(39-34)33-26-23-28-37-33)25-22-20-18-16-14-12-10-8-6-4-2/h23,26-30H,3-22,24-25H2,1-2H3. The van der Waals surface area contributed by atoms with Crippen LogP contribution in [0.25, 0.3) is 19.5 Å². The molecule has 218 valence electrons. The Balaban J connectivity index is 1.43. The van der Waals surface area contributed by atoms with Crippen LogP contribution in [0.5, 0.6) is 0 Å². The van der Waals surface area contributed by atoms with Crippen molar-refractivity contribution in [1.29, 1.82) is 0 Å². The minimum atomic E-state index is 1.24. The Morgan fingerprint density at radius 3 is 1.49 bits per heavy atom. The Bertz CT molecular complexity index is 962. The minimum absolute atomic E-state index is 1.24.